The molecular weight excluding hydrogens is 344 g/mol. The lowest BCUT2D eigenvalue weighted by atomic mass is 9.97. The summed E-state index contributed by atoms with van der Waals surface area (Å²) < 4.78 is 0. The van der Waals surface area contributed by atoms with E-state index in [1.54, 1.807) is 0 Å². The van der Waals surface area contributed by atoms with Gasteiger partial charge in [-0.15, -0.1) is 4.99 Å². The predicted molar refractivity (Wildman–Crippen MR) is 116 cm³/mol. The monoisotopic (exact) mass is 374 g/mol. The van der Waals surface area contributed by atoms with Crippen molar-refractivity contribution in [3.63, 3.8) is 0 Å². The van der Waals surface area contributed by atoms with Crippen LogP contribution in [0, 0.1) is 11.5 Å². The van der Waals surface area contributed by atoms with Gasteiger partial charge >= 0.3 is 0 Å². The fourth-order valence-corrected chi connectivity index (χ4v) is 3.89. The molecule has 0 aromatic heterocycles. The van der Waals surface area contributed by atoms with E-state index in [1.165, 1.54) is 16.7 Å². The van der Waals surface area contributed by atoms with Gasteiger partial charge in [0, 0.05) is 17.6 Å². The van der Waals surface area contributed by atoms with Gasteiger partial charge in [0.15, 0.2) is 0 Å². The zero-order valence-electron chi connectivity index (χ0n) is 17.8. The van der Waals surface area contributed by atoms with Crippen molar-refractivity contribution in [3.8, 4) is 17.3 Å². The van der Waals surface area contributed by atoms with Crippen LogP contribution in [-0.4, -0.2) is 33.4 Å². The summed E-state index contributed by atoms with van der Waals surface area (Å²) in [5, 5.41) is 9.32. The Kier molecular flexibility index (Phi) is 5.21. The van der Waals surface area contributed by atoms with Crippen molar-refractivity contribution in [1.29, 1.82) is 5.26 Å². The highest BCUT2D eigenvalue weighted by molar-refractivity contribution is 5.85. The molecule has 0 radical (unpaired) electrons. The first-order chi connectivity index (χ1) is 13.1. The molecule has 3 rings (SSSR count). The summed E-state index contributed by atoms with van der Waals surface area (Å²) in [5.74, 6) is 0.764. The maximum absolute atomic E-state index is 9.32. The number of guanidine groups is 1. The largest absolute Gasteiger partial charge is 0.335 e. The zero-order chi connectivity index (χ0) is 20.5. The number of hydrogen-bond acceptors (Lipinski definition) is 2. The smallest absolute Gasteiger partial charge is 0.214 e. The maximum atomic E-state index is 9.32. The lowest BCUT2D eigenvalue weighted by Crippen LogP contribution is -2.50. The summed E-state index contributed by atoms with van der Waals surface area (Å²) in [7, 11) is 0. The number of aliphatic imine (C=N–C) groups is 1. The summed E-state index contributed by atoms with van der Waals surface area (Å²) in [5.41, 5.74) is 3.41. The van der Waals surface area contributed by atoms with E-state index < -0.39 is 0 Å². The molecule has 1 aliphatic rings. The van der Waals surface area contributed by atoms with E-state index in [4.69, 9.17) is 0 Å². The second-order valence-corrected chi connectivity index (χ2v) is 9.34. The predicted octanol–water partition coefficient (Wildman–Crippen LogP) is 5.45. The molecule has 0 amide bonds. The molecule has 1 saturated heterocycles. The van der Waals surface area contributed by atoms with Crippen LogP contribution in [0.3, 0.4) is 0 Å². The Morgan fingerprint density at radius 2 is 1.43 bits per heavy atom. The van der Waals surface area contributed by atoms with Crippen molar-refractivity contribution >= 4 is 5.96 Å². The fourth-order valence-electron chi connectivity index (χ4n) is 3.89. The molecule has 146 valence electrons. The van der Waals surface area contributed by atoms with Gasteiger partial charge in [-0.25, -0.2) is 0 Å². The van der Waals surface area contributed by atoms with Crippen LogP contribution in [0.15, 0.2) is 59.6 Å². The number of hydrogen-bond donors (Lipinski definition) is 0. The topological polar surface area (TPSA) is 42.6 Å². The number of rotatable bonds is 2. The summed E-state index contributed by atoms with van der Waals surface area (Å²) >= 11 is 0. The minimum atomic E-state index is -0.154. The van der Waals surface area contributed by atoms with Crippen molar-refractivity contribution < 1.29 is 0 Å². The SMILES string of the molecule is CC(C)(C)N1CC(c2ccc(-c3ccccc3)cc2)N(C(C)(C)C)C1=NC#N. The van der Waals surface area contributed by atoms with Crippen LogP contribution in [0.25, 0.3) is 11.1 Å². The average molecular weight is 375 g/mol. The van der Waals surface area contributed by atoms with Crippen molar-refractivity contribution in [2.24, 2.45) is 4.99 Å². The molecule has 0 bridgehead atoms. The molecule has 4 heteroatoms. The molecule has 1 fully saturated rings. The van der Waals surface area contributed by atoms with Gasteiger partial charge in [-0.1, -0.05) is 54.6 Å². The zero-order valence-corrected chi connectivity index (χ0v) is 17.8. The van der Waals surface area contributed by atoms with Gasteiger partial charge < -0.3 is 9.80 Å². The maximum Gasteiger partial charge on any atom is 0.214 e. The number of nitrogens with zero attached hydrogens (tertiary/aromatic N) is 4. The Morgan fingerprint density at radius 1 is 0.857 bits per heavy atom. The van der Waals surface area contributed by atoms with E-state index in [2.05, 4.69) is 105 Å². The average Bonchev–Trinajstić information content (AvgIpc) is 3.03. The molecule has 4 nitrogen and oxygen atoms in total. The van der Waals surface area contributed by atoms with Gasteiger partial charge in [-0.05, 0) is 58.2 Å². The van der Waals surface area contributed by atoms with E-state index in [0.29, 0.717) is 0 Å². The highest BCUT2D eigenvalue weighted by Crippen LogP contribution is 2.39. The molecule has 0 aliphatic carbocycles. The van der Waals surface area contributed by atoms with Crippen LogP contribution in [0.4, 0.5) is 0 Å². The molecular formula is C24H30N4. The molecule has 0 spiro atoms. The van der Waals surface area contributed by atoms with Gasteiger partial charge in [-0.2, -0.15) is 5.26 Å². The Labute approximate surface area is 169 Å². The standard InChI is InChI=1S/C24H30N4/c1-23(2,3)27-16-21(28(24(4,5)6)22(27)26-17-25)20-14-12-19(13-15-20)18-10-8-7-9-11-18/h7-15,21H,16H2,1-6H3. The fraction of sp³-hybridized carbons (Fsp3) is 0.417. The van der Waals surface area contributed by atoms with Crippen molar-refractivity contribution in [2.75, 3.05) is 6.54 Å². The Bertz CT molecular complexity index is 877. The quantitative estimate of drug-likeness (QED) is 0.657. The Balaban J connectivity index is 2.02. The number of nitriles is 1. The molecule has 1 atom stereocenters. The van der Waals surface area contributed by atoms with E-state index in [0.717, 1.165) is 12.5 Å². The Morgan fingerprint density at radius 3 is 1.93 bits per heavy atom. The highest BCUT2D eigenvalue weighted by atomic mass is 15.5. The minimum Gasteiger partial charge on any atom is -0.335 e. The van der Waals surface area contributed by atoms with Gasteiger partial charge in [0.25, 0.3) is 0 Å². The molecule has 0 N–H and O–H groups in total. The summed E-state index contributed by atoms with van der Waals surface area (Å²) in [4.78, 5) is 8.77. The molecule has 0 saturated carbocycles. The van der Waals surface area contributed by atoms with Crippen LogP contribution in [0.2, 0.25) is 0 Å². The number of benzene rings is 2. The van der Waals surface area contributed by atoms with E-state index in [-0.39, 0.29) is 17.1 Å². The molecule has 1 unspecified atom stereocenters. The third-order valence-electron chi connectivity index (χ3n) is 5.21. The van der Waals surface area contributed by atoms with Crippen LogP contribution in [-0.2, 0) is 0 Å². The second-order valence-electron chi connectivity index (χ2n) is 9.34. The van der Waals surface area contributed by atoms with Crippen LogP contribution >= 0.6 is 0 Å². The van der Waals surface area contributed by atoms with Gasteiger partial charge in [0.2, 0.25) is 12.2 Å². The molecule has 1 aliphatic heterocycles. The molecule has 2 aromatic rings. The lowest BCUT2D eigenvalue weighted by molar-refractivity contribution is 0.198. The van der Waals surface area contributed by atoms with E-state index in [1.807, 2.05) is 12.3 Å². The molecule has 1 heterocycles. The first-order valence-electron chi connectivity index (χ1n) is 9.82. The summed E-state index contributed by atoms with van der Waals surface area (Å²) in [6.45, 7) is 13.9. The third kappa shape index (κ3) is 3.89. The molecule has 28 heavy (non-hydrogen) atoms. The van der Waals surface area contributed by atoms with Crippen LogP contribution in [0.1, 0.15) is 53.1 Å². The normalized spacial score (nSPS) is 19.2. The third-order valence-corrected chi connectivity index (χ3v) is 5.21. The first-order valence-corrected chi connectivity index (χ1v) is 9.82. The summed E-state index contributed by atoms with van der Waals surface area (Å²) in [6, 6.07) is 19.4. The first kappa shape index (κ1) is 19.9. The Hall–Kier alpha value is -2.80. The van der Waals surface area contributed by atoms with Crippen LogP contribution in [0.5, 0.6) is 0 Å². The van der Waals surface area contributed by atoms with Crippen molar-refractivity contribution in [1.82, 2.24) is 9.80 Å². The molecule has 2 aromatic carbocycles. The van der Waals surface area contributed by atoms with Crippen molar-refractivity contribution in [2.45, 2.75) is 58.7 Å². The van der Waals surface area contributed by atoms with Gasteiger partial charge in [0.05, 0.1) is 6.04 Å². The second kappa shape index (κ2) is 7.31. The highest BCUT2D eigenvalue weighted by Gasteiger charge is 2.45. The van der Waals surface area contributed by atoms with Gasteiger partial charge in [0.1, 0.15) is 0 Å². The van der Waals surface area contributed by atoms with Crippen molar-refractivity contribution in [3.05, 3.63) is 60.2 Å². The van der Waals surface area contributed by atoms with Crippen LogP contribution < -0.4 is 0 Å². The minimum absolute atomic E-state index is 0.113. The van der Waals surface area contributed by atoms with E-state index >= 15 is 0 Å². The summed E-state index contributed by atoms with van der Waals surface area (Å²) in [6.07, 6.45) is 2.02. The van der Waals surface area contributed by atoms with Gasteiger partial charge in [-0.3, -0.25) is 0 Å². The lowest BCUT2D eigenvalue weighted by Gasteiger charge is -2.39. The van der Waals surface area contributed by atoms with E-state index in [9.17, 15) is 5.26 Å².